The predicted octanol–water partition coefficient (Wildman–Crippen LogP) is 9.87. The minimum Gasteiger partial charge on any atom is -0.200 e. The van der Waals surface area contributed by atoms with Gasteiger partial charge in [-0.05, 0) is 12.8 Å². The van der Waals surface area contributed by atoms with Gasteiger partial charge in [-0.1, -0.05) is 58.0 Å². The smallest absolute Gasteiger partial charge is 0.200 e. The van der Waals surface area contributed by atoms with Gasteiger partial charge in [-0.25, -0.2) is 0 Å². The second kappa shape index (κ2) is 11.4. The van der Waals surface area contributed by atoms with Gasteiger partial charge in [0, 0.05) is 20.7 Å². The van der Waals surface area contributed by atoms with Gasteiger partial charge < -0.3 is 0 Å². The third-order valence-electron chi connectivity index (χ3n) is 4.66. The first-order valence-corrected chi connectivity index (χ1v) is 11.7. The second-order valence-corrected chi connectivity index (χ2v) is 11.1. The van der Waals surface area contributed by atoms with Gasteiger partial charge in [0.1, 0.15) is 0 Å². The van der Waals surface area contributed by atoms with Crippen molar-refractivity contribution in [3.63, 3.8) is 0 Å². The quantitative estimate of drug-likeness (QED) is 0.0754. The average molecular weight is 802 g/mol. The summed E-state index contributed by atoms with van der Waals surface area (Å²) in [5.41, 5.74) is 0. The van der Waals surface area contributed by atoms with Gasteiger partial charge in [-0.15, -0.1) is 0 Å². The molecule has 0 aromatic rings. The highest BCUT2D eigenvalue weighted by Crippen LogP contribution is 2.56. The molecular formula is C16H14F18I2. The van der Waals surface area contributed by atoms with Crippen molar-refractivity contribution in [3.05, 3.63) is 0 Å². The summed E-state index contributed by atoms with van der Waals surface area (Å²) in [6, 6.07) is 0. The molecule has 0 aliphatic heterocycles. The highest BCUT2D eigenvalue weighted by molar-refractivity contribution is 14.1. The number of rotatable bonds is 13. The molecule has 0 aliphatic rings. The summed E-state index contributed by atoms with van der Waals surface area (Å²) < 4.78 is 228. The van der Waals surface area contributed by atoms with Crippen LogP contribution in [0, 0.1) is 0 Å². The van der Waals surface area contributed by atoms with Crippen LogP contribution in [0.1, 0.15) is 38.5 Å². The molecule has 0 aromatic carbocycles. The van der Waals surface area contributed by atoms with Gasteiger partial charge in [0.25, 0.3) is 0 Å². The SMILES string of the molecule is FC(F)(F)C(F)(F)C(F)(F)C(F)(F)CC(I)CCCCC(I)CC(F)(F)C(F)(F)C(F)(F)C(F)(F)F. The Kier molecular flexibility index (Phi) is 11.4. The molecule has 0 bridgehead atoms. The molecule has 218 valence electrons. The number of halogens is 20. The lowest BCUT2D eigenvalue weighted by Gasteiger charge is -2.34. The number of unbranched alkanes of at least 4 members (excludes halogenated alkanes) is 1. The molecule has 0 saturated carbocycles. The van der Waals surface area contributed by atoms with Gasteiger partial charge in [-0.3, -0.25) is 0 Å². The first-order valence-electron chi connectivity index (χ1n) is 9.18. The fraction of sp³-hybridized carbons (Fsp3) is 1.00. The third kappa shape index (κ3) is 7.44. The van der Waals surface area contributed by atoms with E-state index in [1.54, 1.807) is 0 Å². The summed E-state index contributed by atoms with van der Waals surface area (Å²) in [4.78, 5) is 0. The fourth-order valence-corrected chi connectivity index (χ4v) is 4.55. The van der Waals surface area contributed by atoms with E-state index in [4.69, 9.17) is 0 Å². The lowest BCUT2D eigenvalue weighted by atomic mass is 9.96. The Balaban J connectivity index is 4.99. The monoisotopic (exact) mass is 802 g/mol. The van der Waals surface area contributed by atoms with Crippen molar-refractivity contribution in [2.45, 2.75) is 94.3 Å². The number of hydrogen-bond acceptors (Lipinski definition) is 0. The van der Waals surface area contributed by atoms with E-state index in [-0.39, 0.29) is 12.8 Å². The zero-order chi connectivity index (χ0) is 29.4. The van der Waals surface area contributed by atoms with E-state index in [0.29, 0.717) is 0 Å². The van der Waals surface area contributed by atoms with Crippen molar-refractivity contribution < 1.29 is 79.0 Å². The summed E-state index contributed by atoms with van der Waals surface area (Å²) >= 11 is 2.02. The van der Waals surface area contributed by atoms with Crippen LogP contribution in [0.2, 0.25) is 0 Å². The van der Waals surface area contributed by atoms with Gasteiger partial charge in [0.2, 0.25) is 0 Å². The molecule has 0 heterocycles. The molecule has 36 heavy (non-hydrogen) atoms. The van der Waals surface area contributed by atoms with Crippen molar-refractivity contribution in [1.82, 2.24) is 0 Å². The first-order chi connectivity index (χ1) is 15.5. The Morgan fingerprint density at radius 3 is 0.806 bits per heavy atom. The minimum atomic E-state index is -7.08. The highest BCUT2D eigenvalue weighted by atomic mass is 127. The highest BCUT2D eigenvalue weighted by Gasteiger charge is 2.82. The molecule has 0 rings (SSSR count). The molecule has 0 radical (unpaired) electrons. The fourth-order valence-electron chi connectivity index (χ4n) is 2.56. The molecule has 2 atom stereocenters. The molecule has 0 aliphatic carbocycles. The molecular weight excluding hydrogens is 788 g/mol. The van der Waals surface area contributed by atoms with Crippen LogP contribution in [-0.2, 0) is 0 Å². The standard InChI is InChI=1S/C16H14F18I2/c17-9(18,11(21,22)13(25,26)15(29,30)31)5-7(35)3-1-2-4-8(36)6-10(19,20)12(23,24)14(27,28)16(32,33)34/h7-8H,1-6H2. The maximum Gasteiger partial charge on any atom is 0.460 e. The molecule has 20 heteroatoms. The van der Waals surface area contributed by atoms with E-state index in [2.05, 4.69) is 0 Å². The Labute approximate surface area is 218 Å². The van der Waals surface area contributed by atoms with E-state index < -0.39 is 81.4 Å². The summed E-state index contributed by atoms with van der Waals surface area (Å²) in [7, 11) is 0. The lowest BCUT2D eigenvalue weighted by molar-refractivity contribution is -0.396. The van der Waals surface area contributed by atoms with Crippen LogP contribution >= 0.6 is 45.2 Å². The third-order valence-corrected chi connectivity index (χ3v) is 6.79. The molecule has 0 spiro atoms. The number of hydrogen-bond donors (Lipinski definition) is 0. The van der Waals surface area contributed by atoms with E-state index >= 15 is 0 Å². The minimum absolute atomic E-state index is 0.384. The van der Waals surface area contributed by atoms with Gasteiger partial charge in [0.05, 0.1) is 0 Å². The van der Waals surface area contributed by atoms with E-state index in [1.807, 2.05) is 0 Å². The van der Waals surface area contributed by atoms with Gasteiger partial charge in [-0.2, -0.15) is 79.0 Å². The zero-order valence-corrected chi connectivity index (χ0v) is 21.3. The van der Waals surface area contributed by atoms with E-state index in [0.717, 1.165) is 45.2 Å². The molecule has 0 amide bonds. The Hall–Kier alpha value is 0.200. The summed E-state index contributed by atoms with van der Waals surface area (Å²) in [5.74, 6) is -39.5. The van der Waals surface area contributed by atoms with Crippen molar-refractivity contribution in [3.8, 4) is 0 Å². The Morgan fingerprint density at radius 2 is 0.611 bits per heavy atom. The predicted molar refractivity (Wildman–Crippen MR) is 105 cm³/mol. The molecule has 0 nitrogen and oxygen atoms in total. The maximum atomic E-state index is 13.6. The first kappa shape index (κ1) is 36.2. The number of alkyl halides is 20. The van der Waals surface area contributed by atoms with Crippen LogP contribution in [0.4, 0.5) is 79.0 Å². The molecule has 0 fully saturated rings. The van der Waals surface area contributed by atoms with Crippen LogP contribution < -0.4 is 0 Å². The van der Waals surface area contributed by atoms with E-state index in [9.17, 15) is 79.0 Å². The molecule has 0 N–H and O–H groups in total. The second-order valence-electron chi connectivity index (χ2n) is 7.59. The summed E-state index contributed by atoms with van der Waals surface area (Å²) in [6.45, 7) is 0. The van der Waals surface area contributed by atoms with Crippen molar-refractivity contribution in [2.75, 3.05) is 0 Å². The van der Waals surface area contributed by atoms with Crippen LogP contribution in [-0.4, -0.2) is 55.7 Å². The van der Waals surface area contributed by atoms with Crippen molar-refractivity contribution in [2.24, 2.45) is 0 Å². The summed E-state index contributed by atoms with van der Waals surface area (Å²) in [5, 5.41) is 0. The van der Waals surface area contributed by atoms with Gasteiger partial charge in [0.15, 0.2) is 0 Å². The zero-order valence-electron chi connectivity index (χ0n) is 17.0. The summed E-state index contributed by atoms with van der Waals surface area (Å²) in [6.07, 6.45) is -20.3. The van der Waals surface area contributed by atoms with Crippen LogP contribution in [0.15, 0.2) is 0 Å². The van der Waals surface area contributed by atoms with Crippen LogP contribution in [0.25, 0.3) is 0 Å². The van der Waals surface area contributed by atoms with E-state index in [1.165, 1.54) is 0 Å². The van der Waals surface area contributed by atoms with Crippen LogP contribution in [0.3, 0.4) is 0 Å². The maximum absolute atomic E-state index is 13.6. The average Bonchev–Trinajstić information content (AvgIpc) is 2.62. The molecule has 2 unspecified atom stereocenters. The molecule has 0 aromatic heterocycles. The lowest BCUT2D eigenvalue weighted by Crippen LogP contribution is -2.61. The Morgan fingerprint density at radius 1 is 0.389 bits per heavy atom. The normalized spacial score (nSPS) is 17.3. The van der Waals surface area contributed by atoms with Crippen molar-refractivity contribution in [1.29, 1.82) is 0 Å². The largest absolute Gasteiger partial charge is 0.460 e. The molecule has 0 saturated heterocycles. The topological polar surface area (TPSA) is 0 Å². The van der Waals surface area contributed by atoms with Crippen LogP contribution in [0.5, 0.6) is 0 Å². The van der Waals surface area contributed by atoms with Crippen molar-refractivity contribution >= 4 is 45.2 Å². The Bertz CT molecular complexity index is 651. The van der Waals surface area contributed by atoms with Gasteiger partial charge >= 0.3 is 47.9 Å².